The Labute approximate surface area is 120 Å². The zero-order chi connectivity index (χ0) is 14.5. The Kier molecular flexibility index (Phi) is 4.88. The van der Waals surface area contributed by atoms with Crippen LogP contribution < -0.4 is 4.74 Å². The van der Waals surface area contributed by atoms with Crippen LogP contribution in [0.3, 0.4) is 0 Å². The number of benzene rings is 1. The molecule has 0 saturated heterocycles. The van der Waals surface area contributed by atoms with Crippen molar-refractivity contribution in [3.63, 3.8) is 0 Å². The molecule has 2 rings (SSSR count). The molecule has 0 radical (unpaired) electrons. The molecule has 0 spiro atoms. The monoisotopic (exact) mass is 277 g/mol. The minimum absolute atomic E-state index is 0.0104. The summed E-state index contributed by atoms with van der Waals surface area (Å²) >= 11 is 0. The van der Waals surface area contributed by atoms with Crippen LogP contribution in [-0.4, -0.2) is 36.1 Å². The Morgan fingerprint density at radius 3 is 2.50 bits per heavy atom. The van der Waals surface area contributed by atoms with E-state index < -0.39 is 0 Å². The fraction of sp³-hybridized carbons (Fsp3) is 0.562. The standard InChI is InChI=1S/C16H23NO3/c1-17(12-7-5-3-4-6-8-12)16(19)14-11-13(20-2)9-10-15(14)18/h9-12,18H,3-8H2,1-2H3. The zero-order valence-electron chi connectivity index (χ0n) is 12.3. The maximum atomic E-state index is 12.6. The fourth-order valence-corrected chi connectivity index (χ4v) is 2.81. The van der Waals surface area contributed by atoms with Crippen LogP contribution in [0, 0.1) is 0 Å². The van der Waals surface area contributed by atoms with E-state index in [2.05, 4.69) is 0 Å². The van der Waals surface area contributed by atoms with Gasteiger partial charge in [0.05, 0.1) is 12.7 Å². The summed E-state index contributed by atoms with van der Waals surface area (Å²) in [5, 5.41) is 9.90. The first-order chi connectivity index (χ1) is 9.63. The summed E-state index contributed by atoms with van der Waals surface area (Å²) in [6.07, 6.45) is 6.95. The predicted molar refractivity (Wildman–Crippen MR) is 78.2 cm³/mol. The Hall–Kier alpha value is -1.71. The van der Waals surface area contributed by atoms with Crippen LogP contribution in [0.1, 0.15) is 48.9 Å². The van der Waals surface area contributed by atoms with Gasteiger partial charge in [-0.1, -0.05) is 25.7 Å². The van der Waals surface area contributed by atoms with Crippen LogP contribution in [0.2, 0.25) is 0 Å². The number of hydrogen-bond acceptors (Lipinski definition) is 3. The number of methoxy groups -OCH3 is 1. The predicted octanol–water partition coefficient (Wildman–Crippen LogP) is 3.20. The van der Waals surface area contributed by atoms with Crippen molar-refractivity contribution in [2.75, 3.05) is 14.2 Å². The van der Waals surface area contributed by atoms with Crippen molar-refractivity contribution >= 4 is 5.91 Å². The minimum Gasteiger partial charge on any atom is -0.507 e. The molecule has 1 fully saturated rings. The molecule has 1 N–H and O–H groups in total. The summed E-state index contributed by atoms with van der Waals surface area (Å²) in [7, 11) is 3.38. The van der Waals surface area contributed by atoms with E-state index in [9.17, 15) is 9.90 Å². The summed E-state index contributed by atoms with van der Waals surface area (Å²) < 4.78 is 5.12. The Bertz CT molecular complexity index is 465. The average molecular weight is 277 g/mol. The highest BCUT2D eigenvalue weighted by Crippen LogP contribution is 2.27. The van der Waals surface area contributed by atoms with Gasteiger partial charge in [-0.25, -0.2) is 0 Å². The van der Waals surface area contributed by atoms with Gasteiger partial charge in [-0.3, -0.25) is 4.79 Å². The SMILES string of the molecule is COc1ccc(O)c(C(=O)N(C)C2CCCCCC2)c1. The number of phenols is 1. The number of carbonyl (C=O) groups excluding carboxylic acids is 1. The van der Waals surface area contributed by atoms with E-state index in [1.54, 1.807) is 24.1 Å². The molecule has 110 valence electrons. The van der Waals surface area contributed by atoms with Gasteiger partial charge in [-0.05, 0) is 31.0 Å². The minimum atomic E-state index is -0.131. The molecule has 0 aliphatic heterocycles. The van der Waals surface area contributed by atoms with Crippen LogP contribution in [-0.2, 0) is 0 Å². The Balaban J connectivity index is 2.16. The number of nitrogens with zero attached hydrogens (tertiary/aromatic N) is 1. The molecular formula is C16H23NO3. The largest absolute Gasteiger partial charge is 0.507 e. The molecule has 1 saturated carbocycles. The molecule has 1 aliphatic rings. The number of rotatable bonds is 3. The van der Waals surface area contributed by atoms with E-state index in [-0.39, 0.29) is 17.7 Å². The number of aromatic hydroxyl groups is 1. The smallest absolute Gasteiger partial charge is 0.257 e. The van der Waals surface area contributed by atoms with Crippen molar-refractivity contribution in [1.29, 1.82) is 0 Å². The number of ether oxygens (including phenoxy) is 1. The zero-order valence-corrected chi connectivity index (χ0v) is 12.3. The summed E-state index contributed by atoms with van der Waals surface area (Å²) in [4.78, 5) is 14.3. The molecule has 0 heterocycles. The highest BCUT2D eigenvalue weighted by atomic mass is 16.5. The van der Waals surface area contributed by atoms with Crippen molar-refractivity contribution in [2.45, 2.75) is 44.6 Å². The summed E-state index contributed by atoms with van der Waals surface area (Å²) in [5.41, 5.74) is 0.316. The number of phenolic OH excluding ortho intramolecular Hbond substituents is 1. The fourth-order valence-electron chi connectivity index (χ4n) is 2.81. The first-order valence-corrected chi connectivity index (χ1v) is 7.27. The normalized spacial score (nSPS) is 16.5. The molecule has 0 atom stereocenters. The lowest BCUT2D eigenvalue weighted by atomic mass is 10.1. The van der Waals surface area contributed by atoms with E-state index in [1.165, 1.54) is 31.7 Å². The molecule has 1 aromatic rings. The van der Waals surface area contributed by atoms with E-state index in [0.717, 1.165) is 12.8 Å². The van der Waals surface area contributed by atoms with E-state index >= 15 is 0 Å². The van der Waals surface area contributed by atoms with Crippen LogP contribution in [0.5, 0.6) is 11.5 Å². The number of carbonyl (C=O) groups is 1. The summed E-state index contributed by atoms with van der Waals surface area (Å²) in [6.45, 7) is 0. The number of hydrogen-bond donors (Lipinski definition) is 1. The molecule has 0 bridgehead atoms. The molecule has 20 heavy (non-hydrogen) atoms. The third-order valence-electron chi connectivity index (χ3n) is 4.13. The highest BCUT2D eigenvalue weighted by molar-refractivity contribution is 5.97. The van der Waals surface area contributed by atoms with Gasteiger partial charge in [-0.15, -0.1) is 0 Å². The molecule has 4 heteroatoms. The van der Waals surface area contributed by atoms with E-state index in [4.69, 9.17) is 4.74 Å². The molecule has 0 unspecified atom stereocenters. The van der Waals surface area contributed by atoms with Gasteiger partial charge >= 0.3 is 0 Å². The van der Waals surface area contributed by atoms with Crippen molar-refractivity contribution in [3.05, 3.63) is 23.8 Å². The average Bonchev–Trinajstić information content (AvgIpc) is 2.75. The first-order valence-electron chi connectivity index (χ1n) is 7.27. The van der Waals surface area contributed by atoms with Gasteiger partial charge in [0, 0.05) is 13.1 Å². The lowest BCUT2D eigenvalue weighted by Crippen LogP contribution is -2.36. The summed E-state index contributed by atoms with van der Waals surface area (Å²) in [5.74, 6) is 0.463. The second-order valence-corrected chi connectivity index (χ2v) is 5.44. The topological polar surface area (TPSA) is 49.8 Å². The molecular weight excluding hydrogens is 254 g/mol. The second kappa shape index (κ2) is 6.64. The van der Waals surface area contributed by atoms with Crippen molar-refractivity contribution in [1.82, 2.24) is 4.90 Å². The Morgan fingerprint density at radius 1 is 1.25 bits per heavy atom. The van der Waals surface area contributed by atoms with Gasteiger partial charge in [-0.2, -0.15) is 0 Å². The van der Waals surface area contributed by atoms with E-state index in [0.29, 0.717) is 11.3 Å². The first kappa shape index (κ1) is 14.7. The molecule has 1 aliphatic carbocycles. The third-order valence-corrected chi connectivity index (χ3v) is 4.13. The Morgan fingerprint density at radius 2 is 1.90 bits per heavy atom. The molecule has 1 aromatic carbocycles. The molecule has 1 amide bonds. The maximum absolute atomic E-state index is 12.6. The van der Waals surface area contributed by atoms with Gasteiger partial charge in [0.15, 0.2) is 0 Å². The van der Waals surface area contributed by atoms with Crippen molar-refractivity contribution < 1.29 is 14.6 Å². The molecule has 4 nitrogen and oxygen atoms in total. The lowest BCUT2D eigenvalue weighted by Gasteiger charge is -2.27. The van der Waals surface area contributed by atoms with Crippen LogP contribution in [0.15, 0.2) is 18.2 Å². The van der Waals surface area contributed by atoms with Gasteiger partial charge < -0.3 is 14.7 Å². The van der Waals surface area contributed by atoms with E-state index in [1.807, 2.05) is 7.05 Å². The van der Waals surface area contributed by atoms with Crippen LogP contribution in [0.4, 0.5) is 0 Å². The highest BCUT2D eigenvalue weighted by Gasteiger charge is 2.24. The molecule has 0 aromatic heterocycles. The van der Waals surface area contributed by atoms with Crippen LogP contribution in [0.25, 0.3) is 0 Å². The quantitative estimate of drug-likeness (QED) is 0.863. The van der Waals surface area contributed by atoms with Crippen LogP contribution >= 0.6 is 0 Å². The lowest BCUT2D eigenvalue weighted by molar-refractivity contribution is 0.0714. The summed E-state index contributed by atoms with van der Waals surface area (Å²) in [6, 6.07) is 5.03. The van der Waals surface area contributed by atoms with Crippen molar-refractivity contribution in [2.24, 2.45) is 0 Å². The number of amides is 1. The maximum Gasteiger partial charge on any atom is 0.257 e. The van der Waals surface area contributed by atoms with Gasteiger partial charge in [0.2, 0.25) is 0 Å². The van der Waals surface area contributed by atoms with Gasteiger partial charge in [0.25, 0.3) is 5.91 Å². The third kappa shape index (κ3) is 3.24. The van der Waals surface area contributed by atoms with Gasteiger partial charge in [0.1, 0.15) is 11.5 Å². The van der Waals surface area contributed by atoms with Crippen molar-refractivity contribution in [3.8, 4) is 11.5 Å². The second-order valence-electron chi connectivity index (χ2n) is 5.44.